The van der Waals surface area contributed by atoms with Gasteiger partial charge in [-0.25, -0.2) is 9.18 Å². The average Bonchev–Trinajstić information content (AvgIpc) is 3.28. The van der Waals surface area contributed by atoms with Crippen LogP contribution in [0.25, 0.3) is 11.1 Å². The molecule has 2 heterocycles. The largest absolute Gasteiger partial charge is 0.491 e. The van der Waals surface area contributed by atoms with Crippen molar-refractivity contribution in [2.24, 2.45) is 10.7 Å². The molecule has 6 rings (SSSR count). The van der Waals surface area contributed by atoms with Gasteiger partial charge in [-0.3, -0.25) is 24.9 Å². The molecule has 3 aromatic rings. The predicted molar refractivity (Wildman–Crippen MR) is 175 cm³/mol. The maximum atomic E-state index is 15.0. The van der Waals surface area contributed by atoms with E-state index in [0.717, 1.165) is 43.5 Å². The van der Waals surface area contributed by atoms with E-state index < -0.39 is 17.3 Å². The number of amidine groups is 1. The first kappa shape index (κ1) is 30.8. The lowest BCUT2D eigenvalue weighted by molar-refractivity contribution is 0.100. The SMILES string of the molecule is CC(C)Oc1cccc(CN2CCC3(CC2)C(=NC2CCCCC2)NC(=O)N3c2cc(F)ccc2-c2ccccc2C(N)=O)c1. The van der Waals surface area contributed by atoms with Crippen LogP contribution in [0.4, 0.5) is 14.9 Å². The molecular formula is C36H42FN5O3. The molecular weight excluding hydrogens is 569 g/mol. The Morgan fingerprint density at radius 2 is 1.78 bits per heavy atom. The molecule has 2 saturated heterocycles. The number of piperidine rings is 1. The van der Waals surface area contributed by atoms with Gasteiger partial charge < -0.3 is 10.5 Å². The third-order valence-electron chi connectivity index (χ3n) is 9.23. The fraction of sp³-hybridized carbons (Fsp3) is 0.417. The Labute approximate surface area is 264 Å². The number of anilines is 1. The van der Waals surface area contributed by atoms with Crippen LogP contribution in [0.15, 0.2) is 71.7 Å². The number of nitrogens with zero attached hydrogens (tertiary/aromatic N) is 3. The highest BCUT2D eigenvalue weighted by Gasteiger charge is 2.53. The summed E-state index contributed by atoms with van der Waals surface area (Å²) in [5, 5.41) is 3.12. The first-order chi connectivity index (χ1) is 21.7. The minimum atomic E-state index is -0.780. The van der Waals surface area contributed by atoms with Gasteiger partial charge in [0.25, 0.3) is 0 Å². The van der Waals surface area contributed by atoms with Gasteiger partial charge in [0.1, 0.15) is 22.9 Å². The van der Waals surface area contributed by atoms with Crippen molar-refractivity contribution in [1.82, 2.24) is 10.2 Å². The maximum absolute atomic E-state index is 15.0. The second-order valence-corrected chi connectivity index (χ2v) is 12.7. The number of likely N-dealkylation sites (tertiary alicyclic amines) is 1. The molecule has 2 aliphatic heterocycles. The summed E-state index contributed by atoms with van der Waals surface area (Å²) in [6.07, 6.45) is 6.77. The molecule has 0 unspecified atom stereocenters. The Bertz CT molecular complexity index is 1590. The lowest BCUT2D eigenvalue weighted by Gasteiger charge is -2.44. The van der Waals surface area contributed by atoms with E-state index in [1.54, 1.807) is 29.2 Å². The number of hydrogen-bond donors (Lipinski definition) is 2. The van der Waals surface area contributed by atoms with Gasteiger partial charge in [0, 0.05) is 30.8 Å². The second kappa shape index (κ2) is 13.0. The van der Waals surface area contributed by atoms with Crippen LogP contribution < -0.4 is 20.7 Å². The lowest BCUT2D eigenvalue weighted by atomic mass is 9.83. The van der Waals surface area contributed by atoms with Crippen molar-refractivity contribution in [2.75, 3.05) is 18.0 Å². The number of primary amides is 1. The van der Waals surface area contributed by atoms with E-state index in [0.29, 0.717) is 54.1 Å². The van der Waals surface area contributed by atoms with Crippen molar-refractivity contribution in [3.63, 3.8) is 0 Å². The van der Waals surface area contributed by atoms with Crippen molar-refractivity contribution >= 4 is 23.5 Å². The van der Waals surface area contributed by atoms with Gasteiger partial charge in [-0.1, -0.05) is 49.6 Å². The second-order valence-electron chi connectivity index (χ2n) is 12.7. The van der Waals surface area contributed by atoms with Crippen LogP contribution >= 0.6 is 0 Å². The summed E-state index contributed by atoms with van der Waals surface area (Å²) in [5.74, 6) is 0.471. The van der Waals surface area contributed by atoms with E-state index in [1.807, 2.05) is 32.0 Å². The molecule has 45 heavy (non-hydrogen) atoms. The highest BCUT2D eigenvalue weighted by molar-refractivity contribution is 6.20. The molecule has 3 N–H and O–H groups in total. The molecule has 9 heteroatoms. The number of hydrogen-bond acceptors (Lipinski definition) is 5. The van der Waals surface area contributed by atoms with Crippen molar-refractivity contribution in [2.45, 2.75) is 83.0 Å². The summed E-state index contributed by atoms with van der Waals surface area (Å²) < 4.78 is 21.0. The Morgan fingerprint density at radius 1 is 1.02 bits per heavy atom. The molecule has 3 fully saturated rings. The van der Waals surface area contributed by atoms with Crippen LogP contribution in [0, 0.1) is 5.82 Å². The summed E-state index contributed by atoms with van der Waals surface area (Å²) in [4.78, 5) is 35.7. The van der Waals surface area contributed by atoms with Crippen molar-refractivity contribution in [3.8, 4) is 16.9 Å². The fourth-order valence-electron chi connectivity index (χ4n) is 7.10. The summed E-state index contributed by atoms with van der Waals surface area (Å²) in [6.45, 7) is 6.21. The van der Waals surface area contributed by atoms with Crippen LogP contribution in [-0.2, 0) is 6.54 Å². The van der Waals surface area contributed by atoms with Gasteiger partial charge in [0.2, 0.25) is 5.91 Å². The van der Waals surface area contributed by atoms with E-state index in [4.69, 9.17) is 15.5 Å². The number of carbonyl (C=O) groups is 2. The minimum absolute atomic E-state index is 0.0954. The minimum Gasteiger partial charge on any atom is -0.491 e. The highest BCUT2D eigenvalue weighted by Crippen LogP contribution is 2.43. The van der Waals surface area contributed by atoms with E-state index in [1.165, 1.54) is 18.6 Å². The van der Waals surface area contributed by atoms with Crippen molar-refractivity contribution in [3.05, 3.63) is 83.7 Å². The number of aliphatic imine (C=N–C) groups is 1. The summed E-state index contributed by atoms with van der Waals surface area (Å²) >= 11 is 0. The number of carbonyl (C=O) groups excluding carboxylic acids is 2. The zero-order chi connectivity index (χ0) is 31.6. The van der Waals surface area contributed by atoms with E-state index in [-0.39, 0.29) is 18.2 Å². The monoisotopic (exact) mass is 611 g/mol. The topological polar surface area (TPSA) is 100 Å². The molecule has 8 nitrogen and oxygen atoms in total. The molecule has 1 spiro atoms. The number of urea groups is 1. The summed E-state index contributed by atoms with van der Waals surface area (Å²) in [6, 6.07) is 19.4. The molecule has 236 valence electrons. The molecule has 3 aromatic carbocycles. The van der Waals surface area contributed by atoms with Gasteiger partial charge in [0.15, 0.2) is 0 Å². The van der Waals surface area contributed by atoms with Crippen LogP contribution in [0.5, 0.6) is 5.75 Å². The van der Waals surface area contributed by atoms with Crippen LogP contribution in [0.3, 0.4) is 0 Å². The third-order valence-corrected chi connectivity index (χ3v) is 9.23. The first-order valence-corrected chi connectivity index (χ1v) is 16.1. The predicted octanol–water partition coefficient (Wildman–Crippen LogP) is 6.67. The number of ether oxygens (including phenoxy) is 1. The zero-order valence-electron chi connectivity index (χ0n) is 26.1. The molecule has 0 bridgehead atoms. The molecule has 0 aromatic heterocycles. The van der Waals surface area contributed by atoms with Crippen LogP contribution in [0.2, 0.25) is 0 Å². The molecule has 0 radical (unpaired) electrons. The Kier molecular flexibility index (Phi) is 8.90. The average molecular weight is 612 g/mol. The normalized spacial score (nSPS) is 19.8. The number of nitrogens with one attached hydrogen (secondary N) is 1. The quantitative estimate of drug-likeness (QED) is 0.297. The van der Waals surface area contributed by atoms with Gasteiger partial charge in [-0.2, -0.15) is 0 Å². The molecule has 1 aliphatic carbocycles. The Hall–Kier alpha value is -4.24. The number of rotatable bonds is 8. The van der Waals surface area contributed by atoms with E-state index in [2.05, 4.69) is 22.3 Å². The standard InChI is InChI=1S/C36H42FN5O3/c1-24(2)45-28-12-8-9-25(21-28)23-41-19-17-36(18-20-41)34(39-27-10-4-3-5-11-27)40-35(44)42(36)32-22-26(37)15-16-30(32)29-13-6-7-14-31(29)33(38)43/h6-9,12-16,21-22,24,27H,3-5,10-11,17-20,23H2,1-2H3,(H2,38,43)(H,39,40,44). The zero-order valence-corrected chi connectivity index (χ0v) is 26.1. The highest BCUT2D eigenvalue weighted by atomic mass is 19.1. The van der Waals surface area contributed by atoms with Gasteiger partial charge in [0.05, 0.1) is 17.8 Å². The van der Waals surface area contributed by atoms with Crippen molar-refractivity contribution in [1.29, 1.82) is 0 Å². The molecule has 0 atom stereocenters. The van der Waals surface area contributed by atoms with Gasteiger partial charge in [-0.05, 0) is 87.1 Å². The van der Waals surface area contributed by atoms with Crippen molar-refractivity contribution < 1.29 is 18.7 Å². The molecule has 1 saturated carbocycles. The number of benzene rings is 3. The van der Waals surface area contributed by atoms with E-state index >= 15 is 4.39 Å². The number of amides is 3. The van der Waals surface area contributed by atoms with E-state index in [9.17, 15) is 9.59 Å². The Balaban J connectivity index is 1.37. The summed E-state index contributed by atoms with van der Waals surface area (Å²) in [7, 11) is 0. The number of halogens is 1. The van der Waals surface area contributed by atoms with Gasteiger partial charge in [-0.15, -0.1) is 0 Å². The molecule has 3 amide bonds. The number of nitrogens with two attached hydrogens (primary N) is 1. The summed E-state index contributed by atoms with van der Waals surface area (Å²) in [5.41, 5.74) is 7.98. The third kappa shape index (κ3) is 6.45. The maximum Gasteiger partial charge on any atom is 0.328 e. The lowest BCUT2D eigenvalue weighted by Crippen LogP contribution is -2.57. The van der Waals surface area contributed by atoms with Crippen LogP contribution in [-0.4, -0.2) is 53.4 Å². The Morgan fingerprint density at radius 3 is 2.51 bits per heavy atom. The first-order valence-electron chi connectivity index (χ1n) is 16.1. The van der Waals surface area contributed by atoms with Gasteiger partial charge >= 0.3 is 6.03 Å². The van der Waals surface area contributed by atoms with Crippen LogP contribution in [0.1, 0.15) is 74.7 Å². The fourth-order valence-corrected chi connectivity index (χ4v) is 7.10. The molecule has 3 aliphatic rings. The smallest absolute Gasteiger partial charge is 0.328 e.